The summed E-state index contributed by atoms with van der Waals surface area (Å²) >= 11 is 5.99. The van der Waals surface area contributed by atoms with Crippen molar-refractivity contribution in [3.8, 4) is 0 Å². The lowest BCUT2D eigenvalue weighted by atomic mass is 10.1. The second-order valence-corrected chi connectivity index (χ2v) is 5.58. The van der Waals surface area contributed by atoms with Crippen molar-refractivity contribution in [3.63, 3.8) is 0 Å². The van der Waals surface area contributed by atoms with Gasteiger partial charge in [-0.1, -0.05) is 23.7 Å². The second-order valence-electron chi connectivity index (χ2n) is 5.14. The fourth-order valence-corrected chi connectivity index (χ4v) is 2.44. The van der Waals surface area contributed by atoms with E-state index in [9.17, 15) is 9.59 Å². The molecule has 1 heterocycles. The van der Waals surface area contributed by atoms with Gasteiger partial charge in [0, 0.05) is 23.3 Å². The standard InChI is InChI=1S/C16H20ClN3O3/c1-3-23-15(21)13-8-19-16(22)20-14(13)9-18-10(2)11-5-4-6-12(17)7-11/h4-7,10,18H,3,8-9H2,1-2H3,(H2,19,20,22)/t10-/m0/s1. The van der Waals surface area contributed by atoms with Gasteiger partial charge in [0.1, 0.15) is 0 Å². The molecule has 0 fully saturated rings. The van der Waals surface area contributed by atoms with Crippen LogP contribution in [0.5, 0.6) is 0 Å². The van der Waals surface area contributed by atoms with E-state index in [2.05, 4.69) is 16.0 Å². The molecular weight excluding hydrogens is 318 g/mol. The van der Waals surface area contributed by atoms with Gasteiger partial charge < -0.3 is 20.7 Å². The molecule has 0 radical (unpaired) electrons. The van der Waals surface area contributed by atoms with Gasteiger partial charge in [0.25, 0.3) is 0 Å². The van der Waals surface area contributed by atoms with Crippen LogP contribution in [0.25, 0.3) is 0 Å². The first-order valence-corrected chi connectivity index (χ1v) is 7.82. The number of carbonyl (C=O) groups is 2. The summed E-state index contributed by atoms with van der Waals surface area (Å²) in [6.45, 7) is 4.52. The zero-order valence-electron chi connectivity index (χ0n) is 13.1. The maximum atomic E-state index is 12.0. The molecule has 124 valence electrons. The van der Waals surface area contributed by atoms with E-state index in [-0.39, 0.29) is 25.2 Å². The van der Waals surface area contributed by atoms with Crippen LogP contribution >= 0.6 is 11.6 Å². The predicted octanol–water partition coefficient (Wildman–Crippen LogP) is 2.12. The number of urea groups is 1. The van der Waals surface area contributed by atoms with Crippen molar-refractivity contribution >= 4 is 23.6 Å². The van der Waals surface area contributed by atoms with E-state index in [1.807, 2.05) is 31.2 Å². The highest BCUT2D eigenvalue weighted by Gasteiger charge is 2.23. The third-order valence-corrected chi connectivity index (χ3v) is 3.75. The van der Waals surface area contributed by atoms with Crippen LogP contribution in [0.4, 0.5) is 4.79 Å². The number of hydrogen-bond acceptors (Lipinski definition) is 4. The third-order valence-electron chi connectivity index (χ3n) is 3.51. The van der Waals surface area contributed by atoms with Crippen molar-refractivity contribution in [2.24, 2.45) is 0 Å². The Morgan fingerprint density at radius 3 is 2.96 bits per heavy atom. The van der Waals surface area contributed by atoms with Gasteiger partial charge in [-0.2, -0.15) is 0 Å². The number of amides is 2. The van der Waals surface area contributed by atoms with Gasteiger partial charge in [0.15, 0.2) is 0 Å². The molecule has 0 aliphatic carbocycles. The second kappa shape index (κ2) is 7.99. The van der Waals surface area contributed by atoms with Crippen molar-refractivity contribution in [3.05, 3.63) is 46.1 Å². The Balaban J connectivity index is 2.08. The van der Waals surface area contributed by atoms with Crippen LogP contribution in [0, 0.1) is 0 Å². The van der Waals surface area contributed by atoms with Gasteiger partial charge in [-0.15, -0.1) is 0 Å². The average molecular weight is 338 g/mol. The van der Waals surface area contributed by atoms with E-state index in [1.165, 1.54) is 0 Å². The van der Waals surface area contributed by atoms with Crippen LogP contribution in [0.1, 0.15) is 25.5 Å². The molecule has 0 saturated carbocycles. The maximum absolute atomic E-state index is 12.0. The monoisotopic (exact) mass is 337 g/mol. The van der Waals surface area contributed by atoms with Gasteiger partial charge in [-0.3, -0.25) is 0 Å². The number of esters is 1. The van der Waals surface area contributed by atoms with Gasteiger partial charge in [-0.05, 0) is 31.5 Å². The van der Waals surface area contributed by atoms with Crippen LogP contribution < -0.4 is 16.0 Å². The number of benzene rings is 1. The molecule has 2 amide bonds. The van der Waals surface area contributed by atoms with Crippen molar-refractivity contribution < 1.29 is 14.3 Å². The number of ether oxygens (including phenoxy) is 1. The Labute approximate surface area is 140 Å². The first-order valence-electron chi connectivity index (χ1n) is 7.44. The largest absolute Gasteiger partial charge is 0.463 e. The predicted molar refractivity (Wildman–Crippen MR) is 88.1 cm³/mol. The molecule has 7 heteroatoms. The van der Waals surface area contributed by atoms with Crippen LogP contribution in [0.3, 0.4) is 0 Å². The van der Waals surface area contributed by atoms with Gasteiger partial charge in [0.05, 0.1) is 18.7 Å². The zero-order chi connectivity index (χ0) is 16.8. The smallest absolute Gasteiger partial charge is 0.337 e. The van der Waals surface area contributed by atoms with E-state index >= 15 is 0 Å². The summed E-state index contributed by atoms with van der Waals surface area (Å²) in [7, 11) is 0. The van der Waals surface area contributed by atoms with Gasteiger partial charge in [0.2, 0.25) is 0 Å². The minimum Gasteiger partial charge on any atom is -0.463 e. The third kappa shape index (κ3) is 4.71. The molecule has 1 atom stereocenters. The molecule has 6 nitrogen and oxygen atoms in total. The quantitative estimate of drug-likeness (QED) is 0.695. The molecule has 0 saturated heterocycles. The van der Waals surface area contributed by atoms with Crippen molar-refractivity contribution in [2.45, 2.75) is 19.9 Å². The minimum absolute atomic E-state index is 0.0106. The van der Waals surface area contributed by atoms with E-state index in [0.717, 1.165) is 5.56 Å². The number of rotatable bonds is 6. The van der Waals surface area contributed by atoms with Gasteiger partial charge >= 0.3 is 12.0 Å². The Hall–Kier alpha value is -2.05. The molecule has 0 bridgehead atoms. The molecule has 1 aromatic rings. The van der Waals surface area contributed by atoms with Crippen molar-refractivity contribution in [1.82, 2.24) is 16.0 Å². The number of carbonyl (C=O) groups excluding carboxylic acids is 2. The van der Waals surface area contributed by atoms with Crippen LogP contribution in [-0.2, 0) is 9.53 Å². The molecule has 1 aliphatic heterocycles. The maximum Gasteiger partial charge on any atom is 0.337 e. The fraction of sp³-hybridized carbons (Fsp3) is 0.375. The summed E-state index contributed by atoms with van der Waals surface area (Å²) in [5.74, 6) is -0.424. The van der Waals surface area contributed by atoms with Crippen LogP contribution in [0.2, 0.25) is 5.02 Å². The van der Waals surface area contributed by atoms with E-state index < -0.39 is 5.97 Å². The minimum atomic E-state index is -0.424. The molecule has 3 N–H and O–H groups in total. The average Bonchev–Trinajstić information content (AvgIpc) is 2.52. The normalized spacial score (nSPS) is 15.7. The summed E-state index contributed by atoms with van der Waals surface area (Å²) in [4.78, 5) is 23.5. The first kappa shape index (κ1) is 17.3. The highest BCUT2D eigenvalue weighted by molar-refractivity contribution is 6.30. The Morgan fingerprint density at radius 1 is 1.48 bits per heavy atom. The Kier molecular flexibility index (Phi) is 6.01. The summed E-state index contributed by atoms with van der Waals surface area (Å²) in [6, 6.07) is 7.21. The summed E-state index contributed by atoms with van der Waals surface area (Å²) in [6.07, 6.45) is 0. The van der Waals surface area contributed by atoms with Crippen LogP contribution in [0.15, 0.2) is 35.5 Å². The topological polar surface area (TPSA) is 79.5 Å². The Bertz CT molecular complexity index is 631. The molecule has 1 aromatic carbocycles. The highest BCUT2D eigenvalue weighted by atomic mass is 35.5. The van der Waals surface area contributed by atoms with E-state index in [0.29, 0.717) is 22.8 Å². The zero-order valence-corrected chi connectivity index (χ0v) is 13.9. The van der Waals surface area contributed by atoms with Crippen molar-refractivity contribution in [2.75, 3.05) is 19.7 Å². The molecular formula is C16H20ClN3O3. The lowest BCUT2D eigenvalue weighted by Crippen LogP contribution is -2.46. The molecule has 0 aromatic heterocycles. The fourth-order valence-electron chi connectivity index (χ4n) is 2.25. The lowest BCUT2D eigenvalue weighted by molar-refractivity contribution is -0.138. The number of hydrogen-bond donors (Lipinski definition) is 3. The van der Waals surface area contributed by atoms with E-state index in [4.69, 9.17) is 16.3 Å². The number of nitrogens with one attached hydrogen (secondary N) is 3. The molecule has 0 unspecified atom stereocenters. The molecule has 23 heavy (non-hydrogen) atoms. The molecule has 1 aliphatic rings. The summed E-state index contributed by atoms with van der Waals surface area (Å²) < 4.78 is 5.02. The lowest BCUT2D eigenvalue weighted by Gasteiger charge is -2.23. The Morgan fingerprint density at radius 2 is 2.26 bits per heavy atom. The summed E-state index contributed by atoms with van der Waals surface area (Å²) in [5.41, 5.74) is 1.98. The summed E-state index contributed by atoms with van der Waals surface area (Å²) in [5, 5.41) is 9.18. The van der Waals surface area contributed by atoms with Crippen LogP contribution in [-0.4, -0.2) is 31.7 Å². The van der Waals surface area contributed by atoms with E-state index in [1.54, 1.807) is 6.92 Å². The highest BCUT2D eigenvalue weighted by Crippen LogP contribution is 2.18. The van der Waals surface area contributed by atoms with Gasteiger partial charge in [-0.25, -0.2) is 9.59 Å². The SMILES string of the molecule is CCOC(=O)C1=C(CN[C@@H](C)c2cccc(Cl)c2)NC(=O)NC1. The first-order chi connectivity index (χ1) is 11.0. The number of halogens is 1. The molecule has 2 rings (SSSR count). The molecule has 0 spiro atoms. The van der Waals surface area contributed by atoms with Crippen molar-refractivity contribution in [1.29, 1.82) is 0 Å².